The number of hydrogen-bond acceptors (Lipinski definition) is 8. The van der Waals surface area contributed by atoms with Crippen LogP contribution in [0.1, 0.15) is 17.2 Å². The molecule has 0 bridgehead atoms. The van der Waals surface area contributed by atoms with E-state index in [4.69, 9.17) is 4.74 Å². The lowest BCUT2D eigenvalue weighted by Gasteiger charge is -2.21. The number of carbonyl (C=O) groups excluding carboxylic acids is 1. The molecule has 0 aliphatic carbocycles. The van der Waals surface area contributed by atoms with Gasteiger partial charge in [-0.3, -0.25) is 0 Å². The molecule has 0 saturated carbocycles. The molecule has 8 nitrogen and oxygen atoms in total. The average Bonchev–Trinajstić information content (AvgIpc) is 2.62. The minimum atomic E-state index is -1.43. The fourth-order valence-corrected chi connectivity index (χ4v) is 2.14. The van der Waals surface area contributed by atoms with Crippen LogP contribution in [0.2, 0.25) is 0 Å². The average molecular weight is 362 g/mol. The fraction of sp³-hybridized carbons (Fsp3) is 0.167. The second kappa shape index (κ2) is 8.24. The standard InChI is InChI=1S/C18H18O8/c19-9-16(18(25)11-3-5-13(21)15(23)8-11)26-17(24)6-2-10-1-4-12(20)14(22)7-10/h1-8,16,18-23,25H,9H2. The number of phenolic OH excluding ortho intramolecular Hbond substituents is 4. The summed E-state index contributed by atoms with van der Waals surface area (Å²) in [6.07, 6.45) is -0.393. The van der Waals surface area contributed by atoms with E-state index in [9.17, 15) is 35.4 Å². The number of hydrogen-bond donors (Lipinski definition) is 6. The van der Waals surface area contributed by atoms with E-state index < -0.39 is 30.5 Å². The van der Waals surface area contributed by atoms with Crippen molar-refractivity contribution in [2.75, 3.05) is 6.61 Å². The Morgan fingerprint density at radius 3 is 2.15 bits per heavy atom. The zero-order chi connectivity index (χ0) is 19.3. The van der Waals surface area contributed by atoms with E-state index in [0.717, 1.165) is 18.2 Å². The van der Waals surface area contributed by atoms with Gasteiger partial charge in [0, 0.05) is 6.08 Å². The van der Waals surface area contributed by atoms with E-state index in [1.165, 1.54) is 30.3 Å². The van der Waals surface area contributed by atoms with Crippen LogP contribution in [0.3, 0.4) is 0 Å². The number of aliphatic hydroxyl groups is 2. The number of carbonyl (C=O) groups is 1. The van der Waals surface area contributed by atoms with E-state index in [1.807, 2.05) is 0 Å². The maximum Gasteiger partial charge on any atom is 0.331 e. The van der Waals surface area contributed by atoms with Crippen LogP contribution in [0.5, 0.6) is 23.0 Å². The number of aromatic hydroxyl groups is 4. The molecule has 0 fully saturated rings. The van der Waals surface area contributed by atoms with E-state index in [-0.39, 0.29) is 22.8 Å². The van der Waals surface area contributed by atoms with Gasteiger partial charge in [-0.2, -0.15) is 0 Å². The molecule has 0 spiro atoms. The van der Waals surface area contributed by atoms with Crippen molar-refractivity contribution in [3.63, 3.8) is 0 Å². The molecule has 0 amide bonds. The van der Waals surface area contributed by atoms with E-state index in [1.54, 1.807) is 0 Å². The monoisotopic (exact) mass is 362 g/mol. The van der Waals surface area contributed by atoms with Gasteiger partial charge in [-0.25, -0.2) is 4.79 Å². The van der Waals surface area contributed by atoms with Crippen LogP contribution in [0, 0.1) is 0 Å². The van der Waals surface area contributed by atoms with Crippen LogP contribution in [-0.4, -0.2) is 49.3 Å². The first-order chi connectivity index (χ1) is 12.3. The maximum absolute atomic E-state index is 11.9. The second-order valence-electron chi connectivity index (χ2n) is 5.43. The third-order valence-electron chi connectivity index (χ3n) is 3.55. The number of esters is 1. The van der Waals surface area contributed by atoms with Gasteiger partial charge >= 0.3 is 5.97 Å². The first-order valence-electron chi connectivity index (χ1n) is 7.53. The largest absolute Gasteiger partial charge is 0.504 e. The van der Waals surface area contributed by atoms with Gasteiger partial charge < -0.3 is 35.4 Å². The van der Waals surface area contributed by atoms with Gasteiger partial charge in [-0.1, -0.05) is 12.1 Å². The van der Waals surface area contributed by atoms with E-state index >= 15 is 0 Å². The zero-order valence-electron chi connectivity index (χ0n) is 13.5. The first kappa shape index (κ1) is 19.1. The highest BCUT2D eigenvalue weighted by Gasteiger charge is 2.24. The maximum atomic E-state index is 11.9. The van der Waals surface area contributed by atoms with Gasteiger partial charge in [-0.05, 0) is 41.5 Å². The van der Waals surface area contributed by atoms with Gasteiger partial charge in [0.05, 0.1) is 6.61 Å². The molecule has 2 atom stereocenters. The number of phenols is 4. The fourth-order valence-electron chi connectivity index (χ4n) is 2.14. The SMILES string of the molecule is O=C(C=Cc1ccc(O)c(O)c1)OC(CO)C(O)c1ccc(O)c(O)c1. The Bertz CT molecular complexity index is 815. The normalized spacial score (nSPS) is 13.5. The number of benzene rings is 2. The highest BCUT2D eigenvalue weighted by molar-refractivity contribution is 5.87. The van der Waals surface area contributed by atoms with Crippen LogP contribution < -0.4 is 0 Å². The third-order valence-corrected chi connectivity index (χ3v) is 3.55. The zero-order valence-corrected chi connectivity index (χ0v) is 13.5. The van der Waals surface area contributed by atoms with Gasteiger partial charge in [0.2, 0.25) is 0 Å². The smallest absolute Gasteiger partial charge is 0.331 e. The molecule has 0 aliphatic rings. The molecular formula is C18H18O8. The van der Waals surface area contributed by atoms with Crippen molar-refractivity contribution < 1.29 is 40.2 Å². The van der Waals surface area contributed by atoms with Crippen LogP contribution in [0.4, 0.5) is 0 Å². The van der Waals surface area contributed by atoms with Crippen LogP contribution in [0.15, 0.2) is 42.5 Å². The molecule has 2 aromatic carbocycles. The van der Waals surface area contributed by atoms with Crippen molar-refractivity contribution >= 4 is 12.0 Å². The van der Waals surface area contributed by atoms with E-state index in [2.05, 4.69) is 0 Å². The predicted molar refractivity (Wildman–Crippen MR) is 90.5 cm³/mol. The lowest BCUT2D eigenvalue weighted by molar-refractivity contribution is -0.152. The molecule has 2 aromatic rings. The Kier molecular flexibility index (Phi) is 6.05. The molecule has 8 heteroatoms. The molecule has 2 rings (SSSR count). The topological polar surface area (TPSA) is 148 Å². The molecule has 26 heavy (non-hydrogen) atoms. The van der Waals surface area contributed by atoms with Crippen molar-refractivity contribution in [3.05, 3.63) is 53.6 Å². The lowest BCUT2D eigenvalue weighted by Crippen LogP contribution is -2.28. The molecule has 0 aliphatic heterocycles. The minimum absolute atomic E-state index is 0.139. The lowest BCUT2D eigenvalue weighted by atomic mass is 10.0. The Morgan fingerprint density at radius 2 is 1.58 bits per heavy atom. The van der Waals surface area contributed by atoms with Crippen molar-refractivity contribution in [1.82, 2.24) is 0 Å². The van der Waals surface area contributed by atoms with Crippen LogP contribution in [0.25, 0.3) is 6.08 Å². The third kappa shape index (κ3) is 4.65. The number of ether oxygens (including phenoxy) is 1. The number of aliphatic hydroxyl groups excluding tert-OH is 2. The predicted octanol–water partition coefficient (Wildman–Crippen LogP) is 1.16. The van der Waals surface area contributed by atoms with Crippen molar-refractivity contribution in [2.45, 2.75) is 12.2 Å². The van der Waals surface area contributed by atoms with Crippen molar-refractivity contribution in [3.8, 4) is 23.0 Å². The van der Waals surface area contributed by atoms with Crippen molar-refractivity contribution in [2.24, 2.45) is 0 Å². The second-order valence-corrected chi connectivity index (χ2v) is 5.43. The molecular weight excluding hydrogens is 344 g/mol. The summed E-state index contributed by atoms with van der Waals surface area (Å²) in [5.74, 6) is -2.35. The van der Waals surface area contributed by atoms with Gasteiger partial charge in [0.15, 0.2) is 29.1 Å². The molecule has 0 radical (unpaired) electrons. The summed E-state index contributed by atoms with van der Waals surface area (Å²) in [5.41, 5.74) is 0.557. The summed E-state index contributed by atoms with van der Waals surface area (Å²) in [5, 5.41) is 56.9. The summed E-state index contributed by atoms with van der Waals surface area (Å²) < 4.78 is 4.98. The molecule has 0 heterocycles. The molecule has 2 unspecified atom stereocenters. The number of rotatable bonds is 6. The Balaban J connectivity index is 2.05. The van der Waals surface area contributed by atoms with Crippen LogP contribution >= 0.6 is 0 Å². The summed E-state index contributed by atoms with van der Waals surface area (Å²) in [6.45, 7) is -0.678. The highest BCUT2D eigenvalue weighted by atomic mass is 16.6. The molecule has 0 saturated heterocycles. The summed E-state index contributed by atoms with van der Waals surface area (Å²) in [4.78, 5) is 11.9. The summed E-state index contributed by atoms with van der Waals surface area (Å²) in [7, 11) is 0. The van der Waals surface area contributed by atoms with Crippen LogP contribution in [-0.2, 0) is 9.53 Å². The summed E-state index contributed by atoms with van der Waals surface area (Å²) >= 11 is 0. The Morgan fingerprint density at radius 1 is 0.962 bits per heavy atom. The molecule has 0 aromatic heterocycles. The van der Waals surface area contributed by atoms with E-state index in [0.29, 0.717) is 5.56 Å². The molecule has 6 N–H and O–H groups in total. The quantitative estimate of drug-likeness (QED) is 0.255. The van der Waals surface area contributed by atoms with Gasteiger partial charge in [0.25, 0.3) is 0 Å². The summed E-state index contributed by atoms with van der Waals surface area (Å²) in [6, 6.07) is 7.49. The van der Waals surface area contributed by atoms with Crippen molar-refractivity contribution in [1.29, 1.82) is 0 Å². The Labute approximate surface area is 148 Å². The molecule has 138 valence electrons. The highest BCUT2D eigenvalue weighted by Crippen LogP contribution is 2.30. The van der Waals surface area contributed by atoms with Gasteiger partial charge in [0.1, 0.15) is 6.10 Å². The van der Waals surface area contributed by atoms with Gasteiger partial charge in [-0.15, -0.1) is 0 Å². The first-order valence-corrected chi connectivity index (χ1v) is 7.53. The minimum Gasteiger partial charge on any atom is -0.504 e. The Hall–Kier alpha value is -3.23.